The highest BCUT2D eigenvalue weighted by Gasteiger charge is 2.55. The summed E-state index contributed by atoms with van der Waals surface area (Å²) in [5.74, 6) is 0. The predicted molar refractivity (Wildman–Crippen MR) is 83.1 cm³/mol. The number of carbonyl (C=O) groups is 1. The Kier molecular flexibility index (Phi) is 5.46. The number of amides is 2. The van der Waals surface area contributed by atoms with Crippen molar-refractivity contribution in [1.82, 2.24) is 10.6 Å². The lowest BCUT2D eigenvalue weighted by Gasteiger charge is -2.31. The van der Waals surface area contributed by atoms with E-state index in [0.717, 1.165) is 17.7 Å². The van der Waals surface area contributed by atoms with Crippen LogP contribution in [0, 0.1) is 0 Å². The van der Waals surface area contributed by atoms with E-state index < -0.39 is 24.4 Å². The Balaban J connectivity index is 1.99. The summed E-state index contributed by atoms with van der Waals surface area (Å²) in [6.07, 6.45) is -4.93. The lowest BCUT2D eigenvalue weighted by Crippen LogP contribution is -2.52. The standard InChI is InChI=1S/C17H17F3N2O2/c18-17(19,20)16(24,14-9-5-2-6-10-14)12-22-15(23)21-11-13-7-3-1-4-8-13/h1-10,24H,11-12H2,(H2,21,22,23)/t16-/m1/s1. The van der Waals surface area contributed by atoms with Gasteiger partial charge in [0.1, 0.15) is 0 Å². The number of benzene rings is 2. The Morgan fingerprint density at radius 2 is 1.46 bits per heavy atom. The molecule has 0 heterocycles. The van der Waals surface area contributed by atoms with Gasteiger partial charge in [-0.2, -0.15) is 13.2 Å². The quantitative estimate of drug-likeness (QED) is 0.785. The third kappa shape index (κ3) is 4.26. The highest BCUT2D eigenvalue weighted by atomic mass is 19.4. The molecule has 1 atom stereocenters. The van der Waals surface area contributed by atoms with Gasteiger partial charge in [-0.3, -0.25) is 0 Å². The lowest BCUT2D eigenvalue weighted by molar-refractivity contribution is -0.263. The molecule has 3 N–H and O–H groups in total. The number of urea groups is 1. The van der Waals surface area contributed by atoms with E-state index in [-0.39, 0.29) is 12.1 Å². The second kappa shape index (κ2) is 7.35. The summed E-state index contributed by atoms with van der Waals surface area (Å²) < 4.78 is 39.8. The average Bonchev–Trinajstić information content (AvgIpc) is 2.58. The Morgan fingerprint density at radius 1 is 0.917 bits per heavy atom. The first-order chi connectivity index (χ1) is 11.3. The first-order valence-corrected chi connectivity index (χ1v) is 7.23. The molecule has 128 valence electrons. The minimum atomic E-state index is -4.93. The van der Waals surface area contributed by atoms with Gasteiger partial charge in [0.05, 0.1) is 6.54 Å². The monoisotopic (exact) mass is 338 g/mol. The second-order valence-corrected chi connectivity index (χ2v) is 5.25. The molecule has 0 unspecified atom stereocenters. The number of carbonyl (C=O) groups excluding carboxylic acids is 1. The Bertz CT molecular complexity index is 663. The van der Waals surface area contributed by atoms with Crippen LogP contribution in [-0.2, 0) is 12.1 Å². The predicted octanol–water partition coefficient (Wildman–Crippen LogP) is 2.94. The van der Waals surface area contributed by atoms with Crippen LogP contribution in [0.2, 0.25) is 0 Å². The third-order valence-electron chi connectivity index (χ3n) is 3.52. The van der Waals surface area contributed by atoms with Gasteiger partial charge < -0.3 is 15.7 Å². The summed E-state index contributed by atoms with van der Waals surface area (Å²) >= 11 is 0. The Morgan fingerprint density at radius 3 is 2.00 bits per heavy atom. The SMILES string of the molecule is O=C(NCc1ccccc1)NC[C@@](O)(c1ccccc1)C(F)(F)F. The molecule has 24 heavy (non-hydrogen) atoms. The first kappa shape index (κ1) is 17.8. The Hall–Kier alpha value is -2.54. The van der Waals surface area contributed by atoms with Gasteiger partial charge in [-0.25, -0.2) is 4.79 Å². The molecule has 7 heteroatoms. The summed E-state index contributed by atoms with van der Waals surface area (Å²) in [5.41, 5.74) is -2.68. The number of hydrogen-bond donors (Lipinski definition) is 3. The molecule has 2 aromatic carbocycles. The van der Waals surface area contributed by atoms with Gasteiger partial charge in [0, 0.05) is 6.54 Å². The minimum absolute atomic E-state index is 0.169. The van der Waals surface area contributed by atoms with Crippen molar-refractivity contribution in [2.24, 2.45) is 0 Å². The molecule has 0 aromatic heterocycles. The molecule has 2 rings (SSSR count). The minimum Gasteiger partial charge on any atom is -0.375 e. The van der Waals surface area contributed by atoms with Crippen LogP contribution in [0.25, 0.3) is 0 Å². The third-order valence-corrected chi connectivity index (χ3v) is 3.52. The van der Waals surface area contributed by atoms with Crippen LogP contribution in [0.3, 0.4) is 0 Å². The fourth-order valence-corrected chi connectivity index (χ4v) is 2.13. The van der Waals surface area contributed by atoms with Gasteiger partial charge in [-0.1, -0.05) is 60.7 Å². The summed E-state index contributed by atoms with van der Waals surface area (Å²) in [6.45, 7) is -0.816. The van der Waals surface area contributed by atoms with Crippen molar-refractivity contribution in [3.63, 3.8) is 0 Å². The highest BCUT2D eigenvalue weighted by Crippen LogP contribution is 2.38. The number of aliphatic hydroxyl groups is 1. The van der Waals surface area contributed by atoms with E-state index in [2.05, 4.69) is 10.6 Å². The Labute approximate surface area is 137 Å². The zero-order valence-electron chi connectivity index (χ0n) is 12.7. The molecule has 0 aliphatic rings. The molecule has 0 aliphatic carbocycles. The van der Waals surface area contributed by atoms with Crippen molar-refractivity contribution in [3.8, 4) is 0 Å². The molecule has 0 saturated heterocycles. The van der Waals surface area contributed by atoms with Gasteiger partial charge in [0.25, 0.3) is 0 Å². The average molecular weight is 338 g/mol. The number of rotatable bonds is 5. The zero-order chi connectivity index (χ0) is 17.6. The molecule has 0 saturated carbocycles. The van der Waals surface area contributed by atoms with Crippen LogP contribution in [-0.4, -0.2) is 23.9 Å². The highest BCUT2D eigenvalue weighted by molar-refractivity contribution is 5.74. The van der Waals surface area contributed by atoms with E-state index >= 15 is 0 Å². The molecule has 0 radical (unpaired) electrons. The molecular weight excluding hydrogens is 321 g/mol. The summed E-state index contributed by atoms with van der Waals surface area (Å²) in [4.78, 5) is 11.7. The van der Waals surface area contributed by atoms with E-state index in [1.807, 2.05) is 6.07 Å². The van der Waals surface area contributed by atoms with E-state index in [1.54, 1.807) is 30.3 Å². The molecule has 4 nitrogen and oxygen atoms in total. The van der Waals surface area contributed by atoms with Crippen LogP contribution < -0.4 is 10.6 Å². The molecule has 0 spiro atoms. The second-order valence-electron chi connectivity index (χ2n) is 5.25. The summed E-state index contributed by atoms with van der Waals surface area (Å²) in [5, 5.41) is 14.6. The van der Waals surface area contributed by atoms with Crippen LogP contribution in [0.5, 0.6) is 0 Å². The van der Waals surface area contributed by atoms with Gasteiger partial charge in [0.15, 0.2) is 0 Å². The topological polar surface area (TPSA) is 61.4 Å². The molecular formula is C17H17F3N2O2. The summed E-state index contributed by atoms with van der Waals surface area (Å²) in [7, 11) is 0. The van der Waals surface area contributed by atoms with E-state index in [1.165, 1.54) is 12.1 Å². The normalized spacial score (nSPS) is 13.8. The first-order valence-electron chi connectivity index (χ1n) is 7.23. The van der Waals surface area contributed by atoms with E-state index in [4.69, 9.17) is 0 Å². The van der Waals surface area contributed by atoms with Gasteiger partial charge >= 0.3 is 12.2 Å². The van der Waals surface area contributed by atoms with E-state index in [9.17, 15) is 23.1 Å². The molecule has 2 amide bonds. The van der Waals surface area contributed by atoms with Crippen LogP contribution in [0.1, 0.15) is 11.1 Å². The number of alkyl halides is 3. The molecule has 2 aromatic rings. The van der Waals surface area contributed by atoms with Gasteiger partial charge in [0.2, 0.25) is 5.60 Å². The van der Waals surface area contributed by atoms with Crippen molar-refractivity contribution in [2.45, 2.75) is 18.3 Å². The van der Waals surface area contributed by atoms with Crippen molar-refractivity contribution >= 4 is 6.03 Å². The van der Waals surface area contributed by atoms with E-state index in [0.29, 0.717) is 0 Å². The smallest absolute Gasteiger partial charge is 0.375 e. The van der Waals surface area contributed by atoms with Gasteiger partial charge in [-0.05, 0) is 11.1 Å². The van der Waals surface area contributed by atoms with Crippen LogP contribution >= 0.6 is 0 Å². The fraction of sp³-hybridized carbons (Fsp3) is 0.235. The maximum Gasteiger partial charge on any atom is 0.423 e. The van der Waals surface area contributed by atoms with Crippen molar-refractivity contribution in [1.29, 1.82) is 0 Å². The lowest BCUT2D eigenvalue weighted by atomic mass is 9.93. The fourth-order valence-electron chi connectivity index (χ4n) is 2.13. The number of hydrogen-bond acceptors (Lipinski definition) is 2. The maximum atomic E-state index is 13.3. The van der Waals surface area contributed by atoms with Gasteiger partial charge in [-0.15, -0.1) is 0 Å². The molecule has 0 bridgehead atoms. The molecule has 0 aliphatic heterocycles. The van der Waals surface area contributed by atoms with Crippen molar-refractivity contribution < 1.29 is 23.1 Å². The van der Waals surface area contributed by atoms with Crippen molar-refractivity contribution in [3.05, 3.63) is 71.8 Å². The van der Waals surface area contributed by atoms with Crippen LogP contribution in [0.15, 0.2) is 60.7 Å². The zero-order valence-corrected chi connectivity index (χ0v) is 12.7. The van der Waals surface area contributed by atoms with Crippen molar-refractivity contribution in [2.75, 3.05) is 6.54 Å². The largest absolute Gasteiger partial charge is 0.423 e. The van der Waals surface area contributed by atoms with Crippen LogP contribution in [0.4, 0.5) is 18.0 Å². The number of halogens is 3. The molecule has 0 fully saturated rings. The number of nitrogens with one attached hydrogen (secondary N) is 2. The summed E-state index contributed by atoms with van der Waals surface area (Å²) in [6, 6.07) is 14.8. The maximum absolute atomic E-state index is 13.3.